The Morgan fingerprint density at radius 1 is 1.20 bits per heavy atom. The fraction of sp³-hybridized carbons (Fsp3) is 0.867. The minimum Gasteiger partial charge on any atom is -0.354 e. The van der Waals surface area contributed by atoms with Crippen LogP contribution in [0.2, 0.25) is 0 Å². The molecule has 5 nitrogen and oxygen atoms in total. The van der Waals surface area contributed by atoms with Gasteiger partial charge in [0.15, 0.2) is 0 Å². The van der Waals surface area contributed by atoms with Crippen molar-refractivity contribution in [1.29, 1.82) is 0 Å². The van der Waals surface area contributed by atoms with E-state index < -0.39 is 0 Å². The van der Waals surface area contributed by atoms with Crippen LogP contribution in [0, 0.1) is 5.92 Å². The summed E-state index contributed by atoms with van der Waals surface area (Å²) < 4.78 is 0. The highest BCUT2D eigenvalue weighted by Crippen LogP contribution is 2.24. The normalized spacial score (nSPS) is 24.6. The molecule has 1 aliphatic heterocycles. The minimum atomic E-state index is -0.0837. The first-order valence-electron chi connectivity index (χ1n) is 7.95. The Hall–Kier alpha value is -1.10. The van der Waals surface area contributed by atoms with Crippen molar-refractivity contribution in [3.63, 3.8) is 0 Å². The lowest BCUT2D eigenvalue weighted by Crippen LogP contribution is -2.42. The van der Waals surface area contributed by atoms with Crippen molar-refractivity contribution in [3.8, 4) is 0 Å². The number of rotatable bonds is 6. The van der Waals surface area contributed by atoms with E-state index in [0.717, 1.165) is 38.6 Å². The van der Waals surface area contributed by atoms with E-state index in [0.29, 0.717) is 19.0 Å². The van der Waals surface area contributed by atoms with Crippen molar-refractivity contribution in [3.05, 3.63) is 0 Å². The molecule has 114 valence electrons. The summed E-state index contributed by atoms with van der Waals surface area (Å²) in [5.74, 6) is 0.321. The molecule has 2 atom stereocenters. The maximum absolute atomic E-state index is 12.0. The highest BCUT2D eigenvalue weighted by molar-refractivity contribution is 5.81. The predicted molar refractivity (Wildman–Crippen MR) is 78.2 cm³/mol. The second-order valence-electron chi connectivity index (χ2n) is 6.19. The smallest absolute Gasteiger partial charge is 0.223 e. The second-order valence-corrected chi connectivity index (χ2v) is 6.19. The fourth-order valence-electron chi connectivity index (χ4n) is 3.12. The highest BCUT2D eigenvalue weighted by atomic mass is 16.2. The second kappa shape index (κ2) is 7.62. The molecule has 2 unspecified atom stereocenters. The van der Waals surface area contributed by atoms with Crippen molar-refractivity contribution in [2.75, 3.05) is 13.1 Å². The maximum Gasteiger partial charge on any atom is 0.223 e. The molecular weight excluding hydrogens is 254 g/mol. The minimum absolute atomic E-state index is 0.0259. The summed E-state index contributed by atoms with van der Waals surface area (Å²) in [6.07, 6.45) is 6.99. The Morgan fingerprint density at radius 3 is 2.60 bits per heavy atom. The van der Waals surface area contributed by atoms with Crippen LogP contribution in [0.15, 0.2) is 0 Å². The van der Waals surface area contributed by atoms with E-state index in [1.165, 1.54) is 6.42 Å². The van der Waals surface area contributed by atoms with E-state index in [1.54, 1.807) is 0 Å². The van der Waals surface area contributed by atoms with Crippen LogP contribution < -0.4 is 16.0 Å². The predicted octanol–water partition coefficient (Wildman–Crippen LogP) is 0.940. The molecule has 1 aliphatic carbocycles. The van der Waals surface area contributed by atoms with Crippen LogP contribution >= 0.6 is 0 Å². The number of carbonyl (C=O) groups is 2. The Balaban J connectivity index is 1.61. The van der Waals surface area contributed by atoms with Gasteiger partial charge in [0, 0.05) is 31.0 Å². The van der Waals surface area contributed by atoms with Crippen LogP contribution in [0.1, 0.15) is 51.9 Å². The SMILES string of the molecule is CC(CC(=O)NCC1CCCN1)NC(=O)C1CCCC1. The highest BCUT2D eigenvalue weighted by Gasteiger charge is 2.24. The molecular formula is C15H27N3O2. The summed E-state index contributed by atoms with van der Waals surface area (Å²) in [4.78, 5) is 23.8. The van der Waals surface area contributed by atoms with Gasteiger partial charge < -0.3 is 16.0 Å². The topological polar surface area (TPSA) is 70.2 Å². The average molecular weight is 281 g/mol. The van der Waals surface area contributed by atoms with Gasteiger partial charge in [-0.1, -0.05) is 12.8 Å². The molecule has 0 spiro atoms. The van der Waals surface area contributed by atoms with Crippen molar-refractivity contribution in [1.82, 2.24) is 16.0 Å². The Labute approximate surface area is 121 Å². The third-order valence-electron chi connectivity index (χ3n) is 4.31. The number of hydrogen-bond donors (Lipinski definition) is 3. The summed E-state index contributed by atoms with van der Waals surface area (Å²) >= 11 is 0. The van der Waals surface area contributed by atoms with Gasteiger partial charge in [-0.15, -0.1) is 0 Å². The van der Waals surface area contributed by atoms with Crippen LogP contribution in [-0.2, 0) is 9.59 Å². The molecule has 3 N–H and O–H groups in total. The van der Waals surface area contributed by atoms with Crippen LogP contribution in [0.25, 0.3) is 0 Å². The number of nitrogens with one attached hydrogen (secondary N) is 3. The van der Waals surface area contributed by atoms with E-state index in [4.69, 9.17) is 0 Å². The van der Waals surface area contributed by atoms with Crippen LogP contribution in [0.5, 0.6) is 0 Å². The van der Waals surface area contributed by atoms with Gasteiger partial charge in [0.1, 0.15) is 0 Å². The van der Waals surface area contributed by atoms with Crippen LogP contribution in [0.3, 0.4) is 0 Å². The quantitative estimate of drug-likeness (QED) is 0.678. The Morgan fingerprint density at radius 2 is 1.95 bits per heavy atom. The molecule has 0 radical (unpaired) electrons. The molecule has 2 aliphatic rings. The molecule has 5 heteroatoms. The lowest BCUT2D eigenvalue weighted by molar-refractivity contribution is -0.126. The molecule has 0 aromatic heterocycles. The van der Waals surface area contributed by atoms with Gasteiger partial charge in [0.2, 0.25) is 11.8 Å². The van der Waals surface area contributed by atoms with Crippen molar-refractivity contribution >= 4 is 11.8 Å². The van der Waals surface area contributed by atoms with Gasteiger partial charge >= 0.3 is 0 Å². The summed E-state index contributed by atoms with van der Waals surface area (Å²) in [7, 11) is 0. The molecule has 1 saturated heterocycles. The lowest BCUT2D eigenvalue weighted by atomic mass is 10.1. The first kappa shape index (κ1) is 15.3. The van der Waals surface area contributed by atoms with E-state index in [1.807, 2.05) is 6.92 Å². The van der Waals surface area contributed by atoms with Gasteiger partial charge in [-0.3, -0.25) is 9.59 Å². The Kier molecular flexibility index (Phi) is 5.83. The van der Waals surface area contributed by atoms with Crippen molar-refractivity contribution < 1.29 is 9.59 Å². The maximum atomic E-state index is 12.0. The first-order valence-corrected chi connectivity index (χ1v) is 7.95. The van der Waals surface area contributed by atoms with Crippen LogP contribution in [0.4, 0.5) is 0 Å². The molecule has 2 amide bonds. The van der Waals surface area contributed by atoms with Gasteiger partial charge in [-0.25, -0.2) is 0 Å². The van der Waals surface area contributed by atoms with E-state index in [-0.39, 0.29) is 23.8 Å². The summed E-state index contributed by atoms with van der Waals surface area (Å²) in [5, 5.41) is 9.26. The summed E-state index contributed by atoms with van der Waals surface area (Å²) in [6, 6.07) is 0.335. The zero-order valence-corrected chi connectivity index (χ0v) is 12.4. The Bertz CT molecular complexity index is 334. The van der Waals surface area contributed by atoms with Crippen molar-refractivity contribution in [2.24, 2.45) is 5.92 Å². The molecule has 2 fully saturated rings. The molecule has 1 heterocycles. The van der Waals surface area contributed by atoms with E-state index in [2.05, 4.69) is 16.0 Å². The molecule has 2 rings (SSSR count). The largest absolute Gasteiger partial charge is 0.354 e. The van der Waals surface area contributed by atoms with Gasteiger partial charge in [-0.05, 0) is 39.2 Å². The van der Waals surface area contributed by atoms with E-state index >= 15 is 0 Å². The number of hydrogen-bond acceptors (Lipinski definition) is 3. The monoisotopic (exact) mass is 281 g/mol. The third kappa shape index (κ3) is 4.78. The average Bonchev–Trinajstić information content (AvgIpc) is 3.09. The summed E-state index contributed by atoms with van der Waals surface area (Å²) in [5.41, 5.74) is 0. The zero-order valence-electron chi connectivity index (χ0n) is 12.4. The molecule has 0 bridgehead atoms. The fourth-order valence-corrected chi connectivity index (χ4v) is 3.12. The molecule has 20 heavy (non-hydrogen) atoms. The van der Waals surface area contributed by atoms with Gasteiger partial charge in [-0.2, -0.15) is 0 Å². The van der Waals surface area contributed by atoms with E-state index in [9.17, 15) is 9.59 Å². The van der Waals surface area contributed by atoms with Gasteiger partial charge in [0.05, 0.1) is 0 Å². The summed E-state index contributed by atoms with van der Waals surface area (Å²) in [6.45, 7) is 3.65. The van der Waals surface area contributed by atoms with Crippen LogP contribution in [-0.4, -0.2) is 37.0 Å². The molecule has 1 saturated carbocycles. The first-order chi connectivity index (χ1) is 9.65. The van der Waals surface area contributed by atoms with Gasteiger partial charge in [0.25, 0.3) is 0 Å². The molecule has 0 aromatic rings. The number of amides is 2. The molecule has 0 aromatic carbocycles. The standard InChI is InChI=1S/C15H27N3O2/c1-11(18-15(20)12-5-2-3-6-12)9-14(19)17-10-13-7-4-8-16-13/h11-13,16H,2-10H2,1H3,(H,17,19)(H,18,20). The van der Waals surface area contributed by atoms with Crippen molar-refractivity contribution in [2.45, 2.75) is 64.0 Å². The third-order valence-corrected chi connectivity index (χ3v) is 4.31. The number of carbonyl (C=O) groups excluding carboxylic acids is 2. The lowest BCUT2D eigenvalue weighted by Gasteiger charge is -2.17. The zero-order chi connectivity index (χ0) is 14.4.